The van der Waals surface area contributed by atoms with E-state index >= 15 is 0 Å². The van der Waals surface area contributed by atoms with E-state index in [2.05, 4.69) is 9.88 Å². The molecule has 6 heteroatoms. The van der Waals surface area contributed by atoms with Crippen LogP contribution < -0.4 is 4.74 Å². The molecular formula is C16H24N2O4. The zero-order valence-corrected chi connectivity index (χ0v) is 13.2. The molecule has 0 radical (unpaired) electrons. The maximum absolute atomic E-state index is 11.8. The number of aromatic nitrogens is 1. The van der Waals surface area contributed by atoms with E-state index in [-0.39, 0.29) is 0 Å². The molecule has 2 N–H and O–H groups in total. The standard InChI is InChI=1S/C16H24N2O4/c1-3-8-16(15(20)21)11-18(9-7-13(16)19)10-12-5-4-6-14(17-12)22-2/h4-6,13,19H,3,7-11H2,1-2H3,(H,20,21)/t13-,16-/m1/s1. The molecule has 6 nitrogen and oxygen atoms in total. The molecule has 1 fully saturated rings. The number of aliphatic hydroxyl groups excluding tert-OH is 1. The number of hydrogen-bond donors (Lipinski definition) is 2. The lowest BCUT2D eigenvalue weighted by Gasteiger charge is -2.43. The highest BCUT2D eigenvalue weighted by Gasteiger charge is 2.48. The largest absolute Gasteiger partial charge is 0.481 e. The minimum atomic E-state index is -1.08. The lowest BCUT2D eigenvalue weighted by atomic mass is 9.74. The van der Waals surface area contributed by atoms with Crippen LogP contribution in [0.1, 0.15) is 31.9 Å². The zero-order valence-electron chi connectivity index (χ0n) is 13.2. The zero-order chi connectivity index (χ0) is 16.2. The maximum atomic E-state index is 11.8. The van der Waals surface area contributed by atoms with Crippen LogP contribution in [0.2, 0.25) is 0 Å². The van der Waals surface area contributed by atoms with Crippen molar-refractivity contribution in [3.05, 3.63) is 23.9 Å². The summed E-state index contributed by atoms with van der Waals surface area (Å²) in [5, 5.41) is 19.9. The second-order valence-electron chi connectivity index (χ2n) is 5.90. The van der Waals surface area contributed by atoms with E-state index in [1.165, 1.54) is 0 Å². The number of likely N-dealkylation sites (tertiary alicyclic amines) is 1. The van der Waals surface area contributed by atoms with Crippen LogP contribution in [0.15, 0.2) is 18.2 Å². The highest BCUT2D eigenvalue weighted by molar-refractivity contribution is 5.76. The fourth-order valence-electron chi connectivity index (χ4n) is 3.20. The van der Waals surface area contributed by atoms with Gasteiger partial charge in [0.25, 0.3) is 0 Å². The number of piperidine rings is 1. The fraction of sp³-hybridized carbons (Fsp3) is 0.625. The van der Waals surface area contributed by atoms with Gasteiger partial charge in [0.05, 0.1) is 18.9 Å². The van der Waals surface area contributed by atoms with E-state index in [1.54, 1.807) is 13.2 Å². The quantitative estimate of drug-likeness (QED) is 0.829. The lowest BCUT2D eigenvalue weighted by Crippen LogP contribution is -2.55. The van der Waals surface area contributed by atoms with Gasteiger partial charge in [0.15, 0.2) is 0 Å². The first-order chi connectivity index (χ1) is 10.5. The maximum Gasteiger partial charge on any atom is 0.313 e. The van der Waals surface area contributed by atoms with Crippen LogP contribution in [0, 0.1) is 5.41 Å². The number of methoxy groups -OCH3 is 1. The topological polar surface area (TPSA) is 82.9 Å². The molecule has 1 aromatic rings. The highest BCUT2D eigenvalue weighted by atomic mass is 16.5. The van der Waals surface area contributed by atoms with Crippen LogP contribution in [-0.4, -0.2) is 52.4 Å². The van der Waals surface area contributed by atoms with Crippen LogP contribution in [0.25, 0.3) is 0 Å². The van der Waals surface area contributed by atoms with Crippen LogP contribution in [-0.2, 0) is 11.3 Å². The van der Waals surface area contributed by atoms with Gasteiger partial charge in [0, 0.05) is 25.7 Å². The summed E-state index contributed by atoms with van der Waals surface area (Å²) >= 11 is 0. The third-order valence-corrected chi connectivity index (χ3v) is 4.36. The number of nitrogens with zero attached hydrogens (tertiary/aromatic N) is 2. The molecule has 2 atom stereocenters. The molecule has 122 valence electrons. The Morgan fingerprint density at radius 1 is 1.55 bits per heavy atom. The first kappa shape index (κ1) is 16.7. The molecule has 2 rings (SSSR count). The van der Waals surface area contributed by atoms with Crippen molar-refractivity contribution < 1.29 is 19.7 Å². The minimum absolute atomic E-state index is 0.343. The lowest BCUT2D eigenvalue weighted by molar-refractivity contribution is -0.164. The highest BCUT2D eigenvalue weighted by Crippen LogP contribution is 2.36. The Morgan fingerprint density at radius 2 is 2.32 bits per heavy atom. The van der Waals surface area contributed by atoms with Crippen LogP contribution in [0.4, 0.5) is 0 Å². The number of ether oxygens (including phenoxy) is 1. The van der Waals surface area contributed by atoms with Crippen LogP contribution in [0.5, 0.6) is 5.88 Å². The van der Waals surface area contributed by atoms with Gasteiger partial charge in [-0.05, 0) is 18.9 Å². The summed E-state index contributed by atoms with van der Waals surface area (Å²) in [6.45, 7) is 3.51. The van der Waals surface area contributed by atoms with Crippen molar-refractivity contribution in [3.63, 3.8) is 0 Å². The second-order valence-corrected chi connectivity index (χ2v) is 5.90. The van der Waals surface area contributed by atoms with E-state index in [4.69, 9.17) is 4.74 Å². The molecule has 0 unspecified atom stereocenters. The van der Waals surface area contributed by atoms with Gasteiger partial charge in [-0.3, -0.25) is 9.69 Å². The van der Waals surface area contributed by atoms with Crippen molar-refractivity contribution >= 4 is 5.97 Å². The number of hydrogen-bond acceptors (Lipinski definition) is 5. The molecule has 0 aromatic carbocycles. The smallest absolute Gasteiger partial charge is 0.313 e. The summed E-state index contributed by atoms with van der Waals surface area (Å²) in [6.07, 6.45) is 0.885. The van der Waals surface area contributed by atoms with E-state index < -0.39 is 17.5 Å². The molecule has 0 bridgehead atoms. The Hall–Kier alpha value is -1.66. The average molecular weight is 308 g/mol. The van der Waals surface area contributed by atoms with E-state index in [0.29, 0.717) is 38.4 Å². The summed E-state index contributed by atoms with van der Waals surface area (Å²) in [5.74, 6) is -0.363. The molecule has 2 heterocycles. The van der Waals surface area contributed by atoms with Gasteiger partial charge in [-0.1, -0.05) is 19.4 Å². The molecule has 0 aliphatic carbocycles. The van der Waals surface area contributed by atoms with Crippen molar-refractivity contribution in [3.8, 4) is 5.88 Å². The van der Waals surface area contributed by atoms with Gasteiger partial charge in [-0.2, -0.15) is 0 Å². The van der Waals surface area contributed by atoms with E-state index in [9.17, 15) is 15.0 Å². The first-order valence-corrected chi connectivity index (χ1v) is 7.65. The van der Waals surface area contributed by atoms with Gasteiger partial charge >= 0.3 is 5.97 Å². The SMILES string of the molecule is CCC[C@@]1(C(=O)O)CN(Cc2cccc(OC)n2)CC[C@H]1O. The normalized spacial score (nSPS) is 25.9. The van der Waals surface area contributed by atoms with Gasteiger partial charge < -0.3 is 14.9 Å². The Bertz CT molecular complexity index is 523. The van der Waals surface area contributed by atoms with Crippen molar-refractivity contribution in [2.45, 2.75) is 38.8 Å². The number of aliphatic carboxylic acids is 1. The van der Waals surface area contributed by atoms with Crippen molar-refractivity contribution in [2.24, 2.45) is 5.41 Å². The van der Waals surface area contributed by atoms with Crippen molar-refractivity contribution in [2.75, 3.05) is 20.2 Å². The number of pyridine rings is 1. The summed E-state index contributed by atoms with van der Waals surface area (Å²) in [4.78, 5) is 18.2. The summed E-state index contributed by atoms with van der Waals surface area (Å²) in [5.41, 5.74) is -0.238. The molecule has 1 aromatic heterocycles. The summed E-state index contributed by atoms with van der Waals surface area (Å²) in [7, 11) is 1.57. The second kappa shape index (κ2) is 7.07. The molecule has 0 amide bonds. The third kappa shape index (κ3) is 3.39. The summed E-state index contributed by atoms with van der Waals surface area (Å²) < 4.78 is 5.12. The number of aliphatic hydroxyl groups is 1. The van der Waals surface area contributed by atoms with Gasteiger partial charge in [-0.15, -0.1) is 0 Å². The monoisotopic (exact) mass is 308 g/mol. The molecule has 22 heavy (non-hydrogen) atoms. The number of carboxylic acids is 1. The first-order valence-electron chi connectivity index (χ1n) is 7.65. The predicted molar refractivity (Wildman–Crippen MR) is 81.7 cm³/mol. The third-order valence-electron chi connectivity index (χ3n) is 4.36. The number of carbonyl (C=O) groups is 1. The number of rotatable bonds is 6. The minimum Gasteiger partial charge on any atom is -0.481 e. The molecular weight excluding hydrogens is 284 g/mol. The molecule has 0 saturated carbocycles. The van der Waals surface area contributed by atoms with Crippen molar-refractivity contribution in [1.82, 2.24) is 9.88 Å². The number of carboxylic acid groups (broad SMARTS) is 1. The molecule has 1 saturated heterocycles. The average Bonchev–Trinajstić information content (AvgIpc) is 2.51. The van der Waals surface area contributed by atoms with Gasteiger partial charge in [-0.25, -0.2) is 4.98 Å². The van der Waals surface area contributed by atoms with Crippen LogP contribution >= 0.6 is 0 Å². The van der Waals surface area contributed by atoms with Gasteiger partial charge in [0.1, 0.15) is 5.41 Å². The molecule has 0 spiro atoms. The summed E-state index contributed by atoms with van der Waals surface area (Å²) in [6, 6.07) is 5.55. The van der Waals surface area contributed by atoms with Crippen LogP contribution in [0.3, 0.4) is 0 Å². The Kier molecular flexibility index (Phi) is 5.37. The van der Waals surface area contributed by atoms with E-state index in [0.717, 1.165) is 12.1 Å². The van der Waals surface area contributed by atoms with E-state index in [1.807, 2.05) is 19.1 Å². The Labute approximate surface area is 130 Å². The Morgan fingerprint density at radius 3 is 2.95 bits per heavy atom. The van der Waals surface area contributed by atoms with Crippen molar-refractivity contribution in [1.29, 1.82) is 0 Å². The Balaban J connectivity index is 2.14. The molecule has 1 aliphatic heterocycles. The van der Waals surface area contributed by atoms with Gasteiger partial charge in [0.2, 0.25) is 5.88 Å². The molecule has 1 aliphatic rings. The predicted octanol–water partition coefficient (Wildman–Crippen LogP) is 1.53. The fourth-order valence-corrected chi connectivity index (χ4v) is 3.20.